The van der Waals surface area contributed by atoms with Gasteiger partial charge in [0.2, 0.25) is 10.0 Å². The highest BCUT2D eigenvalue weighted by molar-refractivity contribution is 7.89. The van der Waals surface area contributed by atoms with E-state index in [0.29, 0.717) is 18.4 Å². The summed E-state index contributed by atoms with van der Waals surface area (Å²) in [4.78, 5) is 0. The van der Waals surface area contributed by atoms with Gasteiger partial charge in [-0.05, 0) is 36.6 Å². The molecule has 0 radical (unpaired) electrons. The van der Waals surface area contributed by atoms with Gasteiger partial charge in [0.1, 0.15) is 17.5 Å². The molecule has 0 saturated heterocycles. The Morgan fingerprint density at radius 3 is 2.26 bits per heavy atom. The molecule has 2 aromatic rings. The van der Waals surface area contributed by atoms with Crippen LogP contribution in [0.4, 0.5) is 13.2 Å². The fourth-order valence-corrected chi connectivity index (χ4v) is 4.80. The van der Waals surface area contributed by atoms with E-state index >= 15 is 0 Å². The van der Waals surface area contributed by atoms with Crippen LogP contribution in [0, 0.1) is 17.5 Å². The highest BCUT2D eigenvalue weighted by atomic mass is 32.2. The number of rotatable bonds is 8. The van der Waals surface area contributed by atoms with Crippen molar-refractivity contribution in [2.45, 2.75) is 31.5 Å². The summed E-state index contributed by atoms with van der Waals surface area (Å²) in [6, 6.07) is 8.31. The van der Waals surface area contributed by atoms with E-state index in [4.69, 9.17) is 4.74 Å². The highest BCUT2D eigenvalue weighted by Crippen LogP contribution is 2.33. The molecule has 4 nitrogen and oxygen atoms in total. The molecule has 3 rings (SSSR count). The molecule has 0 heterocycles. The molecule has 0 aromatic heterocycles. The number of methoxy groups -OCH3 is 1. The molecule has 8 heteroatoms. The van der Waals surface area contributed by atoms with Crippen LogP contribution in [0.3, 0.4) is 0 Å². The standard InChI is InChI=1S/C19H20F3NO3S/c1-26-19(13-2-5-15(20)6-3-13)12-27(24,25)23(17-8-9-17)11-14-4-7-16(21)10-18(14)22/h2-7,10,17,19H,8-9,11-12H2,1H3. The number of halogens is 3. The predicted octanol–water partition coefficient (Wildman–Crippen LogP) is 3.79. The van der Waals surface area contributed by atoms with Gasteiger partial charge in [-0.2, -0.15) is 4.31 Å². The van der Waals surface area contributed by atoms with Crippen molar-refractivity contribution in [2.75, 3.05) is 12.9 Å². The summed E-state index contributed by atoms with van der Waals surface area (Å²) in [5.74, 6) is -2.28. The minimum Gasteiger partial charge on any atom is -0.376 e. The average Bonchev–Trinajstić information content (AvgIpc) is 3.44. The third-order valence-electron chi connectivity index (χ3n) is 4.54. The van der Waals surface area contributed by atoms with Crippen LogP contribution in [0.2, 0.25) is 0 Å². The molecule has 0 bridgehead atoms. The Morgan fingerprint density at radius 1 is 1.07 bits per heavy atom. The molecule has 1 saturated carbocycles. The first-order valence-electron chi connectivity index (χ1n) is 8.52. The second kappa shape index (κ2) is 8.00. The summed E-state index contributed by atoms with van der Waals surface area (Å²) in [5, 5.41) is 0. The van der Waals surface area contributed by atoms with E-state index in [-0.39, 0.29) is 23.9 Å². The molecule has 0 amide bonds. The lowest BCUT2D eigenvalue weighted by atomic mass is 10.1. The first-order chi connectivity index (χ1) is 12.8. The minimum absolute atomic E-state index is 0.114. The van der Waals surface area contributed by atoms with Gasteiger partial charge in [-0.25, -0.2) is 21.6 Å². The van der Waals surface area contributed by atoms with E-state index < -0.39 is 33.6 Å². The maximum Gasteiger partial charge on any atom is 0.217 e. The lowest BCUT2D eigenvalue weighted by Gasteiger charge is -2.25. The minimum atomic E-state index is -3.80. The Labute approximate surface area is 156 Å². The molecular formula is C19H20F3NO3S. The zero-order valence-corrected chi connectivity index (χ0v) is 15.6. The Bertz CT molecular complexity index is 899. The van der Waals surface area contributed by atoms with Crippen LogP contribution in [-0.4, -0.2) is 31.6 Å². The fourth-order valence-electron chi connectivity index (χ4n) is 2.90. The van der Waals surface area contributed by atoms with Gasteiger partial charge in [-0.3, -0.25) is 0 Å². The van der Waals surface area contributed by atoms with Gasteiger partial charge in [0, 0.05) is 31.3 Å². The zero-order valence-electron chi connectivity index (χ0n) is 14.7. The third kappa shape index (κ3) is 4.88. The first kappa shape index (κ1) is 19.9. The molecule has 0 N–H and O–H groups in total. The van der Waals surface area contributed by atoms with Crippen LogP contribution in [0.5, 0.6) is 0 Å². The van der Waals surface area contributed by atoms with Gasteiger partial charge in [0.15, 0.2) is 0 Å². The molecule has 1 atom stereocenters. The van der Waals surface area contributed by atoms with Crippen LogP contribution in [0.1, 0.15) is 30.1 Å². The average molecular weight is 399 g/mol. The van der Waals surface area contributed by atoms with Crippen molar-refractivity contribution < 1.29 is 26.3 Å². The second-order valence-corrected chi connectivity index (χ2v) is 8.53. The molecule has 1 aliphatic carbocycles. The van der Waals surface area contributed by atoms with Gasteiger partial charge in [-0.1, -0.05) is 18.2 Å². The quantitative estimate of drug-likeness (QED) is 0.679. The maximum atomic E-state index is 14.0. The first-order valence-corrected chi connectivity index (χ1v) is 10.1. The van der Waals surface area contributed by atoms with Crippen molar-refractivity contribution in [2.24, 2.45) is 0 Å². The van der Waals surface area contributed by atoms with E-state index in [1.165, 1.54) is 41.7 Å². The summed E-state index contributed by atoms with van der Waals surface area (Å²) < 4.78 is 72.7. The number of ether oxygens (including phenoxy) is 1. The van der Waals surface area contributed by atoms with Gasteiger partial charge < -0.3 is 4.74 Å². The Morgan fingerprint density at radius 2 is 1.70 bits per heavy atom. The van der Waals surface area contributed by atoms with E-state index in [1.807, 2.05) is 0 Å². The maximum absolute atomic E-state index is 14.0. The van der Waals surface area contributed by atoms with Crippen LogP contribution >= 0.6 is 0 Å². The molecule has 2 aromatic carbocycles. The molecule has 1 aliphatic rings. The fraction of sp³-hybridized carbons (Fsp3) is 0.368. The number of nitrogens with zero attached hydrogens (tertiary/aromatic N) is 1. The van der Waals surface area contributed by atoms with Crippen molar-refractivity contribution in [3.63, 3.8) is 0 Å². The van der Waals surface area contributed by atoms with Crippen LogP contribution in [0.25, 0.3) is 0 Å². The normalized spacial score (nSPS) is 15.9. The van der Waals surface area contributed by atoms with Crippen molar-refractivity contribution in [3.8, 4) is 0 Å². The monoisotopic (exact) mass is 399 g/mol. The van der Waals surface area contributed by atoms with Gasteiger partial charge in [0.25, 0.3) is 0 Å². The van der Waals surface area contributed by atoms with Crippen molar-refractivity contribution in [1.29, 1.82) is 0 Å². The molecule has 0 spiro atoms. The molecule has 0 aliphatic heterocycles. The summed E-state index contributed by atoms with van der Waals surface area (Å²) in [6.45, 7) is -0.168. The lowest BCUT2D eigenvalue weighted by molar-refractivity contribution is 0.120. The van der Waals surface area contributed by atoms with Crippen molar-refractivity contribution >= 4 is 10.0 Å². The summed E-state index contributed by atoms with van der Waals surface area (Å²) in [6.07, 6.45) is 0.599. The van der Waals surface area contributed by atoms with Crippen molar-refractivity contribution in [1.82, 2.24) is 4.31 Å². The van der Waals surface area contributed by atoms with Crippen LogP contribution < -0.4 is 0 Å². The molecule has 27 heavy (non-hydrogen) atoms. The van der Waals surface area contributed by atoms with E-state index in [1.54, 1.807) is 0 Å². The van der Waals surface area contributed by atoms with Gasteiger partial charge in [0.05, 0.1) is 11.9 Å². The largest absolute Gasteiger partial charge is 0.376 e. The number of benzene rings is 2. The van der Waals surface area contributed by atoms with E-state index in [0.717, 1.165) is 12.1 Å². The Hall–Kier alpha value is -1.90. The Balaban J connectivity index is 1.82. The number of hydrogen-bond donors (Lipinski definition) is 0. The highest BCUT2D eigenvalue weighted by Gasteiger charge is 2.39. The molecule has 1 unspecified atom stereocenters. The van der Waals surface area contributed by atoms with Crippen LogP contribution in [-0.2, 0) is 21.3 Å². The van der Waals surface area contributed by atoms with Gasteiger partial charge in [-0.15, -0.1) is 0 Å². The van der Waals surface area contributed by atoms with Crippen LogP contribution in [0.15, 0.2) is 42.5 Å². The lowest BCUT2D eigenvalue weighted by Crippen LogP contribution is -2.36. The summed E-state index contributed by atoms with van der Waals surface area (Å²) in [7, 11) is -2.42. The smallest absolute Gasteiger partial charge is 0.217 e. The second-order valence-electron chi connectivity index (χ2n) is 6.57. The van der Waals surface area contributed by atoms with E-state index in [2.05, 4.69) is 0 Å². The Kier molecular flexibility index (Phi) is 5.88. The molecule has 146 valence electrons. The SMILES string of the molecule is COC(CS(=O)(=O)N(Cc1ccc(F)cc1F)C1CC1)c1ccc(F)cc1. The summed E-state index contributed by atoms with van der Waals surface area (Å²) >= 11 is 0. The molecular weight excluding hydrogens is 379 g/mol. The predicted molar refractivity (Wildman–Crippen MR) is 94.9 cm³/mol. The zero-order chi connectivity index (χ0) is 19.6. The van der Waals surface area contributed by atoms with E-state index in [9.17, 15) is 21.6 Å². The van der Waals surface area contributed by atoms with Crippen molar-refractivity contribution in [3.05, 3.63) is 71.0 Å². The van der Waals surface area contributed by atoms with Gasteiger partial charge >= 0.3 is 0 Å². The molecule has 1 fully saturated rings. The number of hydrogen-bond acceptors (Lipinski definition) is 3. The number of sulfonamides is 1. The topological polar surface area (TPSA) is 46.6 Å². The summed E-state index contributed by atoms with van der Waals surface area (Å²) in [5.41, 5.74) is 0.647. The third-order valence-corrected chi connectivity index (χ3v) is 6.41.